The number of carbonyl (C=O) groups excluding carboxylic acids is 1. The van der Waals surface area contributed by atoms with Gasteiger partial charge in [-0.3, -0.25) is 4.79 Å². The Morgan fingerprint density at radius 2 is 1.86 bits per heavy atom. The normalized spacial score (nSPS) is 10.3. The molecule has 150 valence electrons. The molecule has 0 bridgehead atoms. The predicted octanol–water partition coefficient (Wildman–Crippen LogP) is 3.87. The van der Waals surface area contributed by atoms with Gasteiger partial charge in [0.25, 0.3) is 5.91 Å². The van der Waals surface area contributed by atoms with Gasteiger partial charge in [-0.1, -0.05) is 18.2 Å². The second kappa shape index (κ2) is 9.59. The Kier molecular flexibility index (Phi) is 6.68. The van der Waals surface area contributed by atoms with E-state index in [1.54, 1.807) is 25.4 Å². The molecule has 0 saturated carbocycles. The van der Waals surface area contributed by atoms with Gasteiger partial charge in [-0.05, 0) is 54.4 Å². The number of pyridine rings is 1. The third kappa shape index (κ3) is 5.72. The first-order valence-corrected chi connectivity index (χ1v) is 9.47. The number of anilines is 3. The number of hydrogen-bond acceptors (Lipinski definition) is 5. The summed E-state index contributed by atoms with van der Waals surface area (Å²) in [5.41, 5.74) is 3.72. The average molecular weight is 390 g/mol. The van der Waals surface area contributed by atoms with Gasteiger partial charge in [0, 0.05) is 43.8 Å². The Hall–Kier alpha value is -3.54. The van der Waals surface area contributed by atoms with E-state index in [-0.39, 0.29) is 5.91 Å². The Morgan fingerprint density at radius 1 is 1.07 bits per heavy atom. The lowest BCUT2D eigenvalue weighted by atomic mass is 10.1. The number of benzene rings is 2. The van der Waals surface area contributed by atoms with Crippen LogP contribution in [0.15, 0.2) is 66.9 Å². The summed E-state index contributed by atoms with van der Waals surface area (Å²) >= 11 is 0. The lowest BCUT2D eigenvalue weighted by molar-refractivity contribution is 0.0954. The highest BCUT2D eigenvalue weighted by Gasteiger charge is 2.07. The molecule has 0 spiro atoms. The maximum absolute atomic E-state index is 12.5. The fourth-order valence-corrected chi connectivity index (χ4v) is 2.86. The molecule has 1 amide bonds. The van der Waals surface area contributed by atoms with E-state index in [1.165, 1.54) is 0 Å². The monoisotopic (exact) mass is 390 g/mol. The summed E-state index contributed by atoms with van der Waals surface area (Å²) in [6, 6.07) is 19.3. The van der Waals surface area contributed by atoms with E-state index < -0.39 is 0 Å². The van der Waals surface area contributed by atoms with Crippen molar-refractivity contribution in [3.8, 4) is 5.75 Å². The lowest BCUT2D eigenvalue weighted by Gasteiger charge is -2.14. The SMILES string of the molecule is COc1ccc(CCNC(=O)c2ccnc(Nc3cccc(N(C)C)c3)c2)cc1. The van der Waals surface area contributed by atoms with Crippen molar-refractivity contribution in [2.24, 2.45) is 0 Å². The van der Waals surface area contributed by atoms with Gasteiger partial charge < -0.3 is 20.3 Å². The van der Waals surface area contributed by atoms with Crippen molar-refractivity contribution < 1.29 is 9.53 Å². The topological polar surface area (TPSA) is 66.5 Å². The first-order valence-electron chi connectivity index (χ1n) is 9.47. The summed E-state index contributed by atoms with van der Waals surface area (Å²) in [6.07, 6.45) is 2.39. The highest BCUT2D eigenvalue weighted by Crippen LogP contribution is 2.21. The summed E-state index contributed by atoms with van der Waals surface area (Å²) in [7, 11) is 5.63. The van der Waals surface area contributed by atoms with E-state index in [4.69, 9.17) is 4.74 Å². The van der Waals surface area contributed by atoms with Gasteiger partial charge in [-0.15, -0.1) is 0 Å². The van der Waals surface area contributed by atoms with E-state index >= 15 is 0 Å². The number of nitrogens with one attached hydrogen (secondary N) is 2. The molecule has 2 aromatic carbocycles. The van der Waals surface area contributed by atoms with Crippen LogP contribution in [0, 0.1) is 0 Å². The van der Waals surface area contributed by atoms with Crippen LogP contribution >= 0.6 is 0 Å². The van der Waals surface area contributed by atoms with Gasteiger partial charge in [0.05, 0.1) is 7.11 Å². The van der Waals surface area contributed by atoms with Gasteiger partial charge in [-0.25, -0.2) is 4.98 Å². The standard InChI is InChI=1S/C23H26N4O2/c1-27(2)20-6-4-5-19(16-20)26-22-15-18(12-14-24-22)23(28)25-13-11-17-7-9-21(29-3)10-8-17/h4-10,12,14-16H,11,13H2,1-3H3,(H,24,26)(H,25,28). The Balaban J connectivity index is 1.58. The zero-order chi connectivity index (χ0) is 20.6. The van der Waals surface area contributed by atoms with Crippen LogP contribution in [0.2, 0.25) is 0 Å². The number of nitrogens with zero attached hydrogens (tertiary/aromatic N) is 2. The third-order valence-electron chi connectivity index (χ3n) is 4.52. The van der Waals surface area contributed by atoms with Crippen molar-refractivity contribution in [2.45, 2.75) is 6.42 Å². The maximum atomic E-state index is 12.5. The van der Waals surface area contributed by atoms with Crippen molar-refractivity contribution in [1.82, 2.24) is 10.3 Å². The Labute approximate surface area is 171 Å². The zero-order valence-corrected chi connectivity index (χ0v) is 17.0. The molecule has 1 aromatic heterocycles. The number of amides is 1. The van der Waals surface area contributed by atoms with E-state index in [0.717, 1.165) is 29.1 Å². The third-order valence-corrected chi connectivity index (χ3v) is 4.52. The number of methoxy groups -OCH3 is 1. The molecule has 3 rings (SSSR count). The second-order valence-corrected chi connectivity index (χ2v) is 6.85. The number of carbonyl (C=O) groups is 1. The molecule has 6 nitrogen and oxygen atoms in total. The molecule has 6 heteroatoms. The van der Waals surface area contributed by atoms with Gasteiger partial charge in [0.2, 0.25) is 0 Å². The summed E-state index contributed by atoms with van der Waals surface area (Å²) in [4.78, 5) is 18.8. The van der Waals surface area contributed by atoms with Crippen molar-refractivity contribution in [2.75, 3.05) is 38.0 Å². The Bertz CT molecular complexity index is 955. The number of ether oxygens (including phenoxy) is 1. The largest absolute Gasteiger partial charge is 0.497 e. The highest BCUT2D eigenvalue weighted by molar-refractivity contribution is 5.94. The lowest BCUT2D eigenvalue weighted by Crippen LogP contribution is -2.25. The van der Waals surface area contributed by atoms with Crippen molar-refractivity contribution in [3.05, 3.63) is 78.0 Å². The molecule has 0 fully saturated rings. The van der Waals surface area contributed by atoms with E-state index in [0.29, 0.717) is 17.9 Å². The summed E-state index contributed by atoms with van der Waals surface area (Å²) in [5.74, 6) is 1.33. The quantitative estimate of drug-likeness (QED) is 0.611. The van der Waals surface area contributed by atoms with E-state index in [1.807, 2.05) is 67.5 Å². The number of hydrogen-bond donors (Lipinski definition) is 2. The van der Waals surface area contributed by atoms with Crippen molar-refractivity contribution in [3.63, 3.8) is 0 Å². The number of aromatic nitrogens is 1. The van der Waals surface area contributed by atoms with Crippen LogP contribution < -0.4 is 20.3 Å². The van der Waals surface area contributed by atoms with Gasteiger partial charge in [0.15, 0.2) is 0 Å². The molecule has 29 heavy (non-hydrogen) atoms. The molecular formula is C23H26N4O2. The first kappa shape index (κ1) is 20.2. The smallest absolute Gasteiger partial charge is 0.251 e. The molecule has 2 N–H and O–H groups in total. The minimum atomic E-state index is -0.119. The molecule has 1 heterocycles. The molecule has 0 saturated heterocycles. The van der Waals surface area contributed by atoms with Crippen LogP contribution in [0.4, 0.5) is 17.2 Å². The Morgan fingerprint density at radius 3 is 2.59 bits per heavy atom. The van der Waals surface area contributed by atoms with E-state index in [2.05, 4.69) is 15.6 Å². The van der Waals surface area contributed by atoms with Crippen molar-refractivity contribution >= 4 is 23.1 Å². The minimum Gasteiger partial charge on any atom is -0.497 e. The van der Waals surface area contributed by atoms with Crippen LogP contribution in [0.3, 0.4) is 0 Å². The van der Waals surface area contributed by atoms with Crippen LogP contribution in [0.1, 0.15) is 15.9 Å². The van der Waals surface area contributed by atoms with Crippen LogP contribution in [-0.2, 0) is 6.42 Å². The molecule has 0 aliphatic heterocycles. The second-order valence-electron chi connectivity index (χ2n) is 6.85. The molecule has 0 radical (unpaired) electrons. The zero-order valence-electron chi connectivity index (χ0n) is 17.0. The first-order chi connectivity index (χ1) is 14.0. The minimum absolute atomic E-state index is 0.119. The number of rotatable bonds is 8. The van der Waals surface area contributed by atoms with Gasteiger partial charge >= 0.3 is 0 Å². The van der Waals surface area contributed by atoms with Crippen LogP contribution in [0.25, 0.3) is 0 Å². The highest BCUT2D eigenvalue weighted by atomic mass is 16.5. The summed E-state index contributed by atoms with van der Waals surface area (Å²) in [6.45, 7) is 0.557. The van der Waals surface area contributed by atoms with Crippen LogP contribution in [0.5, 0.6) is 5.75 Å². The van der Waals surface area contributed by atoms with Crippen LogP contribution in [-0.4, -0.2) is 38.6 Å². The fourth-order valence-electron chi connectivity index (χ4n) is 2.86. The predicted molar refractivity (Wildman–Crippen MR) is 117 cm³/mol. The molecular weight excluding hydrogens is 364 g/mol. The van der Waals surface area contributed by atoms with Gasteiger partial charge in [-0.2, -0.15) is 0 Å². The summed E-state index contributed by atoms with van der Waals surface area (Å²) in [5, 5.41) is 6.22. The molecule has 0 unspecified atom stereocenters. The van der Waals surface area contributed by atoms with E-state index in [9.17, 15) is 4.79 Å². The molecule has 0 atom stereocenters. The summed E-state index contributed by atoms with van der Waals surface area (Å²) < 4.78 is 5.16. The molecule has 0 aliphatic carbocycles. The molecule has 0 aliphatic rings. The van der Waals surface area contributed by atoms with Gasteiger partial charge in [0.1, 0.15) is 11.6 Å². The average Bonchev–Trinajstić information content (AvgIpc) is 2.74. The maximum Gasteiger partial charge on any atom is 0.251 e. The fraction of sp³-hybridized carbons (Fsp3) is 0.217. The molecule has 3 aromatic rings. The van der Waals surface area contributed by atoms with Crippen molar-refractivity contribution in [1.29, 1.82) is 0 Å².